The second kappa shape index (κ2) is 7.40. The Kier molecular flexibility index (Phi) is 4.85. The van der Waals surface area contributed by atoms with Crippen LogP contribution in [0.3, 0.4) is 0 Å². The first-order chi connectivity index (χ1) is 12.1. The van der Waals surface area contributed by atoms with Crippen molar-refractivity contribution in [2.45, 2.75) is 6.92 Å². The molecule has 0 aliphatic heterocycles. The zero-order chi connectivity index (χ0) is 17.6. The summed E-state index contributed by atoms with van der Waals surface area (Å²) in [4.78, 5) is 19.0. The molecule has 2 aromatic carbocycles. The number of pyridine rings is 2. The third-order valence-corrected chi connectivity index (χ3v) is 3.62. The predicted octanol–water partition coefficient (Wildman–Crippen LogP) is 4.01. The number of nitrogens with one attached hydrogen (secondary N) is 1. The van der Waals surface area contributed by atoms with Gasteiger partial charge in [-0.3, -0.25) is 4.79 Å². The lowest BCUT2D eigenvalue weighted by Crippen LogP contribution is -2.07. The summed E-state index contributed by atoms with van der Waals surface area (Å²) in [6, 6.07) is 19.6. The number of hydrogen-bond acceptors (Lipinski definition) is 4. The van der Waals surface area contributed by atoms with E-state index in [1.807, 2.05) is 60.7 Å². The maximum Gasteiger partial charge on any atom is 0.222 e. The third-order valence-electron chi connectivity index (χ3n) is 3.62. The van der Waals surface area contributed by atoms with Crippen LogP contribution in [-0.2, 0) is 4.79 Å². The van der Waals surface area contributed by atoms with E-state index in [1.165, 1.54) is 6.92 Å². The lowest BCUT2D eigenvalue weighted by atomic mass is 10.1. The number of fused-ring (bicyclic) bond motifs is 2. The smallest absolute Gasteiger partial charge is 0.222 e. The van der Waals surface area contributed by atoms with Crippen LogP contribution in [-0.4, -0.2) is 15.9 Å². The first-order valence-electron chi connectivity index (χ1n) is 7.85. The van der Waals surface area contributed by atoms with Crippen molar-refractivity contribution in [3.63, 3.8) is 0 Å². The van der Waals surface area contributed by atoms with E-state index < -0.39 is 0 Å². The van der Waals surface area contributed by atoms with Gasteiger partial charge >= 0.3 is 0 Å². The van der Waals surface area contributed by atoms with Crippen LogP contribution in [0.4, 0.5) is 11.6 Å². The zero-order valence-corrected chi connectivity index (χ0v) is 13.8. The number of nitrogen functional groups attached to an aromatic ring is 1. The molecule has 0 fully saturated rings. The molecule has 2 aromatic heterocycles. The minimum Gasteiger partial charge on any atom is -0.384 e. The van der Waals surface area contributed by atoms with Crippen molar-refractivity contribution in [3.05, 3.63) is 73.1 Å². The summed E-state index contributed by atoms with van der Waals surface area (Å²) in [6.45, 7) is 1.48. The Morgan fingerprint density at radius 3 is 2.36 bits per heavy atom. The van der Waals surface area contributed by atoms with Crippen LogP contribution in [0.5, 0.6) is 0 Å². The van der Waals surface area contributed by atoms with Crippen LogP contribution in [0.1, 0.15) is 6.92 Å². The zero-order valence-electron chi connectivity index (χ0n) is 13.8. The lowest BCUT2D eigenvalue weighted by Gasteiger charge is -2.04. The second-order valence-electron chi connectivity index (χ2n) is 5.52. The first kappa shape index (κ1) is 16.4. The molecule has 4 aromatic rings. The molecule has 0 atom stereocenters. The van der Waals surface area contributed by atoms with Gasteiger partial charge in [0.2, 0.25) is 5.91 Å². The molecule has 5 heteroatoms. The fraction of sp³-hybridized carbons (Fsp3) is 0.0500. The molecule has 2 heterocycles. The number of aromatic nitrogens is 2. The average molecular weight is 330 g/mol. The monoisotopic (exact) mass is 330 g/mol. The quantitative estimate of drug-likeness (QED) is 0.552. The van der Waals surface area contributed by atoms with Gasteiger partial charge in [-0.05, 0) is 22.9 Å². The lowest BCUT2D eigenvalue weighted by molar-refractivity contribution is -0.114. The predicted molar refractivity (Wildman–Crippen MR) is 102 cm³/mol. The maximum absolute atomic E-state index is 10.9. The number of anilines is 2. The Hall–Kier alpha value is -3.47. The molecule has 1 amide bonds. The molecular weight excluding hydrogens is 312 g/mol. The Morgan fingerprint density at radius 2 is 1.60 bits per heavy atom. The van der Waals surface area contributed by atoms with E-state index in [9.17, 15) is 4.79 Å². The van der Waals surface area contributed by atoms with E-state index in [2.05, 4.69) is 15.3 Å². The van der Waals surface area contributed by atoms with Crippen molar-refractivity contribution in [2.24, 2.45) is 0 Å². The Morgan fingerprint density at radius 1 is 0.920 bits per heavy atom. The van der Waals surface area contributed by atoms with E-state index in [-0.39, 0.29) is 5.91 Å². The van der Waals surface area contributed by atoms with Gasteiger partial charge in [0.1, 0.15) is 11.6 Å². The molecule has 0 saturated heterocycles. The normalized spacial score (nSPS) is 10.1. The number of nitrogens with two attached hydrogens (primary N) is 1. The Balaban J connectivity index is 0.000000150. The molecular formula is C20H18N4O. The van der Waals surface area contributed by atoms with E-state index in [0.717, 1.165) is 21.5 Å². The van der Waals surface area contributed by atoms with Crippen molar-refractivity contribution in [3.8, 4) is 0 Å². The van der Waals surface area contributed by atoms with Crippen LogP contribution in [0.2, 0.25) is 0 Å². The highest BCUT2D eigenvalue weighted by atomic mass is 16.1. The van der Waals surface area contributed by atoms with Gasteiger partial charge < -0.3 is 11.1 Å². The summed E-state index contributed by atoms with van der Waals surface area (Å²) < 4.78 is 0. The molecule has 0 aliphatic carbocycles. The van der Waals surface area contributed by atoms with Gasteiger partial charge in [0.05, 0.1) is 0 Å². The summed E-state index contributed by atoms with van der Waals surface area (Å²) in [7, 11) is 0. The molecule has 0 aliphatic rings. The minimum absolute atomic E-state index is 0.103. The van der Waals surface area contributed by atoms with E-state index >= 15 is 0 Å². The number of carbonyl (C=O) groups is 1. The molecule has 3 N–H and O–H groups in total. The number of hydrogen-bond donors (Lipinski definition) is 2. The highest BCUT2D eigenvalue weighted by Gasteiger charge is 2.01. The fourth-order valence-electron chi connectivity index (χ4n) is 2.49. The van der Waals surface area contributed by atoms with Crippen LogP contribution < -0.4 is 11.1 Å². The molecule has 124 valence electrons. The largest absolute Gasteiger partial charge is 0.384 e. The van der Waals surface area contributed by atoms with Crippen molar-refractivity contribution in [1.29, 1.82) is 0 Å². The third kappa shape index (κ3) is 4.09. The van der Waals surface area contributed by atoms with Crippen LogP contribution in [0.15, 0.2) is 73.1 Å². The summed E-state index contributed by atoms with van der Waals surface area (Å²) in [5, 5.41) is 7.00. The van der Waals surface area contributed by atoms with E-state index in [4.69, 9.17) is 5.73 Å². The van der Waals surface area contributed by atoms with Crippen LogP contribution in [0.25, 0.3) is 21.5 Å². The molecule has 5 nitrogen and oxygen atoms in total. The van der Waals surface area contributed by atoms with Crippen molar-refractivity contribution in [2.75, 3.05) is 11.1 Å². The highest BCUT2D eigenvalue weighted by molar-refractivity contribution is 5.99. The number of carbonyl (C=O) groups excluding carboxylic acids is 1. The van der Waals surface area contributed by atoms with E-state index in [0.29, 0.717) is 11.6 Å². The van der Waals surface area contributed by atoms with Gasteiger partial charge in [-0.15, -0.1) is 0 Å². The molecule has 0 spiro atoms. The summed E-state index contributed by atoms with van der Waals surface area (Å²) >= 11 is 0. The number of benzene rings is 2. The van der Waals surface area contributed by atoms with Crippen LogP contribution >= 0.6 is 0 Å². The van der Waals surface area contributed by atoms with Gasteiger partial charge in [-0.1, -0.05) is 48.5 Å². The highest BCUT2D eigenvalue weighted by Crippen LogP contribution is 2.20. The van der Waals surface area contributed by atoms with Gasteiger partial charge in [0, 0.05) is 30.1 Å². The number of nitrogens with zero attached hydrogens (tertiary/aromatic N) is 2. The molecule has 0 unspecified atom stereocenters. The van der Waals surface area contributed by atoms with Gasteiger partial charge in [-0.25, -0.2) is 9.97 Å². The molecule has 0 saturated carbocycles. The molecule has 4 rings (SSSR count). The molecule has 0 bridgehead atoms. The van der Waals surface area contributed by atoms with Gasteiger partial charge in [0.25, 0.3) is 0 Å². The summed E-state index contributed by atoms with van der Waals surface area (Å²) in [6.07, 6.45) is 3.47. The fourth-order valence-corrected chi connectivity index (χ4v) is 2.49. The van der Waals surface area contributed by atoms with Crippen molar-refractivity contribution < 1.29 is 4.79 Å². The van der Waals surface area contributed by atoms with Gasteiger partial charge in [0.15, 0.2) is 0 Å². The Labute approximate surface area is 145 Å². The molecule has 0 radical (unpaired) electrons. The number of amides is 1. The summed E-state index contributed by atoms with van der Waals surface area (Å²) in [5.74, 6) is 1.09. The number of rotatable bonds is 1. The minimum atomic E-state index is -0.103. The Bertz CT molecular complexity index is 1020. The van der Waals surface area contributed by atoms with E-state index in [1.54, 1.807) is 12.4 Å². The second-order valence-corrected chi connectivity index (χ2v) is 5.52. The summed E-state index contributed by atoms with van der Waals surface area (Å²) in [5.41, 5.74) is 5.51. The maximum atomic E-state index is 10.9. The average Bonchev–Trinajstić information content (AvgIpc) is 2.62. The van der Waals surface area contributed by atoms with Crippen LogP contribution in [0, 0.1) is 0 Å². The van der Waals surface area contributed by atoms with Crippen molar-refractivity contribution >= 4 is 39.1 Å². The topological polar surface area (TPSA) is 80.9 Å². The SMILES string of the molecule is CC(=O)Nc1nccc2ccccc12.Nc1cc2ccccc2cn1. The molecule has 25 heavy (non-hydrogen) atoms. The van der Waals surface area contributed by atoms with Crippen molar-refractivity contribution in [1.82, 2.24) is 9.97 Å². The standard InChI is InChI=1S/C11H10N2O.C9H8N2/c1-8(14)13-11-10-5-3-2-4-9(10)6-7-12-11;10-9-5-7-3-1-2-4-8(7)6-11-9/h2-7H,1H3,(H,12,13,14);1-6H,(H2,10,11). The van der Waals surface area contributed by atoms with Gasteiger partial charge in [-0.2, -0.15) is 0 Å². The first-order valence-corrected chi connectivity index (χ1v) is 7.85.